The van der Waals surface area contributed by atoms with Gasteiger partial charge in [0.15, 0.2) is 0 Å². The third-order valence-electron chi connectivity index (χ3n) is 3.10. The van der Waals surface area contributed by atoms with Crippen LogP contribution in [0.25, 0.3) is 0 Å². The van der Waals surface area contributed by atoms with Crippen molar-refractivity contribution in [2.45, 2.75) is 84.0 Å². The second-order valence-corrected chi connectivity index (χ2v) is 5.45. The Bertz CT molecular complexity index is 103. The van der Waals surface area contributed by atoms with E-state index in [0.717, 1.165) is 6.61 Å². The van der Waals surface area contributed by atoms with E-state index in [-0.39, 0.29) is 0 Å². The molecule has 0 aromatic carbocycles. The molecule has 0 fully saturated rings. The summed E-state index contributed by atoms with van der Waals surface area (Å²) in [7, 11) is 0. The molecule has 2 heteroatoms. The van der Waals surface area contributed by atoms with Crippen LogP contribution in [0, 0.1) is 0 Å². The average molecular weight is 305 g/mol. The van der Waals surface area contributed by atoms with E-state index in [4.69, 9.17) is 2.81 Å². The molecule has 0 bridgehead atoms. The molecule has 0 aliphatic heterocycles. The Morgan fingerprint density at radius 2 is 1.00 bits per heavy atom. The fourth-order valence-corrected chi connectivity index (χ4v) is 2.37. The van der Waals surface area contributed by atoms with Crippen molar-refractivity contribution in [2.75, 3.05) is 6.61 Å². The first-order chi connectivity index (χ1) is 7.91. The Hall–Kier alpha value is 0.843. The molecule has 0 aromatic rings. The van der Waals surface area contributed by atoms with Crippen molar-refractivity contribution in [1.29, 1.82) is 0 Å². The zero-order chi connectivity index (χ0) is 11.9. The van der Waals surface area contributed by atoms with Gasteiger partial charge in [-0.15, -0.1) is 0 Å². The Morgan fingerprint density at radius 1 is 0.625 bits per heavy atom. The molecule has 95 valence electrons. The van der Waals surface area contributed by atoms with Crippen molar-refractivity contribution in [2.24, 2.45) is 0 Å². The van der Waals surface area contributed by atoms with Crippen molar-refractivity contribution < 1.29 is 28.0 Å². The second kappa shape index (κ2) is 15.8. The maximum atomic E-state index is 5.12. The van der Waals surface area contributed by atoms with Gasteiger partial charge >= 0.3 is 98.8 Å². The summed E-state index contributed by atoms with van der Waals surface area (Å²) in [5.41, 5.74) is 0. The topological polar surface area (TPSA) is 9.23 Å². The van der Waals surface area contributed by atoms with Crippen LogP contribution >= 0.6 is 0 Å². The van der Waals surface area contributed by atoms with Crippen LogP contribution in [-0.4, -0.2) is 6.61 Å². The van der Waals surface area contributed by atoms with E-state index in [1.807, 2.05) is 0 Å². The van der Waals surface area contributed by atoms with E-state index in [1.54, 1.807) is 0 Å². The number of hydrogen-bond donors (Lipinski definition) is 0. The Morgan fingerprint density at radius 3 is 1.38 bits per heavy atom. The predicted octanol–water partition coefficient (Wildman–Crippen LogP) is 5.17. The fraction of sp³-hybridized carbons (Fsp3) is 1.00. The van der Waals surface area contributed by atoms with Gasteiger partial charge in [-0.05, 0) is 0 Å². The second-order valence-electron chi connectivity index (χ2n) is 4.74. The van der Waals surface area contributed by atoms with Crippen LogP contribution in [0.2, 0.25) is 0 Å². The van der Waals surface area contributed by atoms with Crippen LogP contribution < -0.4 is 0 Å². The van der Waals surface area contributed by atoms with E-state index in [0.29, 0.717) is 0 Å². The van der Waals surface area contributed by atoms with Gasteiger partial charge in [-0.1, -0.05) is 19.8 Å². The molecule has 0 spiro atoms. The first-order valence-electron chi connectivity index (χ1n) is 7.20. The van der Waals surface area contributed by atoms with E-state index in [1.165, 1.54) is 102 Å². The first kappa shape index (κ1) is 16.8. The summed E-state index contributed by atoms with van der Waals surface area (Å²) in [6, 6.07) is 0. The molecular weight excluding hydrogens is 275 g/mol. The standard InChI is InChI=1S/C14H29O.Zr/c1-2-3-4-5-6-7-8-9-10-11-12-13-14-15;/h2-14H2,1H3;/q-1;+1. The summed E-state index contributed by atoms with van der Waals surface area (Å²) in [5, 5.41) is 0. The van der Waals surface area contributed by atoms with Crippen LogP contribution in [0.3, 0.4) is 0 Å². The minimum absolute atomic E-state index is 0.982. The fourth-order valence-electron chi connectivity index (χ4n) is 2.02. The quantitative estimate of drug-likeness (QED) is 0.427. The average Bonchev–Trinajstić information content (AvgIpc) is 2.31. The molecule has 0 aliphatic carbocycles. The molecule has 0 heterocycles. The molecule has 0 aromatic heterocycles. The molecule has 0 atom stereocenters. The van der Waals surface area contributed by atoms with E-state index < -0.39 is 0 Å². The van der Waals surface area contributed by atoms with Crippen LogP contribution in [0.1, 0.15) is 84.0 Å². The zero-order valence-corrected chi connectivity index (χ0v) is 13.6. The molecule has 16 heavy (non-hydrogen) atoms. The molecular formula is C14H29OZr. The molecule has 0 aliphatic rings. The van der Waals surface area contributed by atoms with Gasteiger partial charge in [0.2, 0.25) is 0 Å². The first-order valence-corrected chi connectivity index (χ1v) is 8.20. The summed E-state index contributed by atoms with van der Waals surface area (Å²) in [5.74, 6) is 0. The number of rotatable bonds is 13. The van der Waals surface area contributed by atoms with Crippen molar-refractivity contribution in [3.8, 4) is 0 Å². The van der Waals surface area contributed by atoms with Gasteiger partial charge in [0.05, 0.1) is 0 Å². The molecule has 0 saturated carbocycles. The van der Waals surface area contributed by atoms with Crippen LogP contribution in [0.5, 0.6) is 0 Å². The molecule has 0 radical (unpaired) electrons. The number of unbranched alkanes of at least 4 members (excludes halogenated alkanes) is 11. The van der Waals surface area contributed by atoms with Crippen molar-refractivity contribution in [3.63, 3.8) is 0 Å². The van der Waals surface area contributed by atoms with Gasteiger partial charge in [0, 0.05) is 0 Å². The molecule has 0 unspecified atom stereocenters. The summed E-state index contributed by atoms with van der Waals surface area (Å²) < 4.78 is 5.12. The SMILES string of the molecule is CCCCCCCCCCCCCC[O][Zr]. The van der Waals surface area contributed by atoms with Crippen molar-refractivity contribution >= 4 is 0 Å². The monoisotopic (exact) mass is 303 g/mol. The zero-order valence-electron chi connectivity index (χ0n) is 11.1. The van der Waals surface area contributed by atoms with Gasteiger partial charge in [0.1, 0.15) is 0 Å². The summed E-state index contributed by atoms with van der Waals surface area (Å²) in [4.78, 5) is 0. The van der Waals surface area contributed by atoms with Crippen LogP contribution in [0.4, 0.5) is 0 Å². The van der Waals surface area contributed by atoms with E-state index >= 15 is 0 Å². The predicted molar refractivity (Wildman–Crippen MR) is 67.0 cm³/mol. The van der Waals surface area contributed by atoms with Gasteiger partial charge in [-0.3, -0.25) is 0 Å². The molecule has 1 nitrogen and oxygen atoms in total. The summed E-state index contributed by atoms with van der Waals surface area (Å²) >= 11 is 1.22. The molecule has 0 N–H and O–H groups in total. The summed E-state index contributed by atoms with van der Waals surface area (Å²) in [6.07, 6.45) is 17.0. The maximum absolute atomic E-state index is 5.12. The van der Waals surface area contributed by atoms with E-state index in [2.05, 4.69) is 6.92 Å². The third-order valence-corrected chi connectivity index (χ3v) is 3.60. The normalized spacial score (nSPS) is 10.8. The van der Waals surface area contributed by atoms with E-state index in [9.17, 15) is 0 Å². The number of hydrogen-bond acceptors (Lipinski definition) is 1. The molecule has 0 rings (SSSR count). The third kappa shape index (κ3) is 14.8. The van der Waals surface area contributed by atoms with Crippen molar-refractivity contribution in [3.05, 3.63) is 0 Å². The Kier molecular flexibility index (Phi) is 16.7. The van der Waals surface area contributed by atoms with Crippen LogP contribution in [0.15, 0.2) is 0 Å². The Balaban J connectivity index is 2.83. The van der Waals surface area contributed by atoms with Crippen LogP contribution in [-0.2, 0) is 28.0 Å². The van der Waals surface area contributed by atoms with Gasteiger partial charge in [-0.25, -0.2) is 0 Å². The van der Waals surface area contributed by atoms with Gasteiger partial charge in [-0.2, -0.15) is 0 Å². The summed E-state index contributed by atoms with van der Waals surface area (Å²) in [6.45, 7) is 3.26. The molecule has 0 saturated heterocycles. The van der Waals surface area contributed by atoms with Gasteiger partial charge < -0.3 is 0 Å². The molecule has 0 amide bonds. The minimum atomic E-state index is 0.982. The van der Waals surface area contributed by atoms with Crippen molar-refractivity contribution in [1.82, 2.24) is 0 Å². The Labute approximate surface area is 118 Å². The van der Waals surface area contributed by atoms with Gasteiger partial charge in [0.25, 0.3) is 0 Å².